The number of ether oxygens (including phenoxy) is 1. The lowest BCUT2D eigenvalue weighted by molar-refractivity contribution is -0.231. The van der Waals surface area contributed by atoms with Crippen molar-refractivity contribution < 1.29 is 38.3 Å². The number of hydrogen-bond acceptors (Lipinski definition) is 5. The first kappa shape index (κ1) is 25.6. The van der Waals surface area contributed by atoms with Crippen molar-refractivity contribution in [2.24, 2.45) is 0 Å². The van der Waals surface area contributed by atoms with Gasteiger partial charge in [-0.15, -0.1) is 0 Å². The molecular formula is C26H24ClF3O5. The third-order valence-electron chi connectivity index (χ3n) is 6.18. The van der Waals surface area contributed by atoms with E-state index in [1.165, 1.54) is 12.1 Å². The highest BCUT2D eigenvalue weighted by molar-refractivity contribution is 6.31. The Morgan fingerprint density at radius 3 is 1.97 bits per heavy atom. The number of aliphatic hydroxyl groups excluding tert-OH is 4. The van der Waals surface area contributed by atoms with Crippen LogP contribution in [0.25, 0.3) is 11.1 Å². The van der Waals surface area contributed by atoms with E-state index in [-0.39, 0.29) is 0 Å². The van der Waals surface area contributed by atoms with E-state index in [1.807, 2.05) is 24.3 Å². The number of aliphatic hydroxyl groups is 4. The molecule has 0 saturated carbocycles. The van der Waals surface area contributed by atoms with E-state index in [0.717, 1.165) is 28.8 Å². The fourth-order valence-corrected chi connectivity index (χ4v) is 4.36. The Kier molecular flexibility index (Phi) is 7.51. The van der Waals surface area contributed by atoms with Gasteiger partial charge in [0.25, 0.3) is 0 Å². The lowest BCUT2D eigenvalue weighted by atomic mass is 9.90. The summed E-state index contributed by atoms with van der Waals surface area (Å²) in [6.45, 7) is -0.521. The van der Waals surface area contributed by atoms with Crippen molar-refractivity contribution in [1.82, 2.24) is 0 Å². The van der Waals surface area contributed by atoms with Crippen molar-refractivity contribution in [1.29, 1.82) is 0 Å². The second-order valence-electron chi connectivity index (χ2n) is 8.55. The number of hydrogen-bond donors (Lipinski definition) is 4. The molecule has 0 amide bonds. The summed E-state index contributed by atoms with van der Waals surface area (Å²) in [7, 11) is 0. The molecule has 4 rings (SSSR count). The Bertz CT molecular complexity index is 1150. The van der Waals surface area contributed by atoms with Gasteiger partial charge in [0, 0.05) is 5.02 Å². The summed E-state index contributed by atoms with van der Waals surface area (Å²) in [5.74, 6) is 0. The molecule has 1 aliphatic heterocycles. The normalized spacial score (nSPS) is 25.0. The van der Waals surface area contributed by atoms with Gasteiger partial charge in [0.2, 0.25) is 0 Å². The molecule has 9 heteroatoms. The standard InChI is InChI=1S/C26H24ClF3O5/c27-20-10-7-17(25-24(34)23(33)22(32)21(13-31)35-25)12-18(20)11-14-1-3-15(4-2-14)16-5-8-19(9-6-16)26(28,29)30/h1-10,12,21-25,31-34H,11,13H2/t21-,22-,23+,24-,25+/m1/s1. The summed E-state index contributed by atoms with van der Waals surface area (Å²) in [6, 6.07) is 17.3. The van der Waals surface area contributed by atoms with Crippen molar-refractivity contribution in [2.45, 2.75) is 43.1 Å². The Morgan fingerprint density at radius 2 is 1.40 bits per heavy atom. The first-order valence-electron chi connectivity index (χ1n) is 10.9. The van der Waals surface area contributed by atoms with Crippen LogP contribution >= 0.6 is 11.6 Å². The van der Waals surface area contributed by atoms with E-state index in [9.17, 15) is 33.6 Å². The lowest BCUT2D eigenvalue weighted by Crippen LogP contribution is -2.55. The summed E-state index contributed by atoms with van der Waals surface area (Å²) in [5.41, 5.74) is 2.88. The Balaban J connectivity index is 1.52. The van der Waals surface area contributed by atoms with Gasteiger partial charge in [-0.05, 0) is 52.4 Å². The monoisotopic (exact) mass is 508 g/mol. The second kappa shape index (κ2) is 10.3. The molecule has 1 heterocycles. The molecule has 0 aromatic heterocycles. The second-order valence-corrected chi connectivity index (χ2v) is 8.96. The zero-order valence-corrected chi connectivity index (χ0v) is 19.1. The van der Waals surface area contributed by atoms with Crippen LogP contribution in [0.4, 0.5) is 13.2 Å². The van der Waals surface area contributed by atoms with Gasteiger partial charge < -0.3 is 25.2 Å². The van der Waals surface area contributed by atoms with E-state index in [2.05, 4.69) is 0 Å². The molecule has 0 unspecified atom stereocenters. The highest BCUT2D eigenvalue weighted by atomic mass is 35.5. The zero-order valence-electron chi connectivity index (χ0n) is 18.4. The van der Waals surface area contributed by atoms with Crippen molar-refractivity contribution >= 4 is 11.6 Å². The van der Waals surface area contributed by atoms with Crippen LogP contribution in [-0.4, -0.2) is 51.4 Å². The molecule has 0 aliphatic carbocycles. The van der Waals surface area contributed by atoms with E-state index in [1.54, 1.807) is 18.2 Å². The van der Waals surface area contributed by atoms with Crippen molar-refractivity contribution in [2.75, 3.05) is 6.61 Å². The lowest BCUT2D eigenvalue weighted by Gasteiger charge is -2.40. The van der Waals surface area contributed by atoms with Gasteiger partial charge in [0.05, 0.1) is 12.2 Å². The van der Waals surface area contributed by atoms with E-state index in [0.29, 0.717) is 22.6 Å². The van der Waals surface area contributed by atoms with Gasteiger partial charge in [-0.25, -0.2) is 0 Å². The molecule has 3 aromatic carbocycles. The minimum absolute atomic E-state index is 0.428. The Labute approximate surface area is 205 Å². The summed E-state index contributed by atoms with van der Waals surface area (Å²) in [4.78, 5) is 0. The molecule has 0 bridgehead atoms. The van der Waals surface area contributed by atoms with E-state index >= 15 is 0 Å². The summed E-state index contributed by atoms with van der Waals surface area (Å²) in [6.07, 6.45) is -10.3. The fourth-order valence-electron chi connectivity index (χ4n) is 4.17. The van der Waals surface area contributed by atoms with Crippen LogP contribution in [0, 0.1) is 0 Å². The van der Waals surface area contributed by atoms with Gasteiger partial charge in [-0.2, -0.15) is 13.2 Å². The van der Waals surface area contributed by atoms with E-state index in [4.69, 9.17) is 16.3 Å². The van der Waals surface area contributed by atoms with Crippen molar-refractivity contribution in [3.8, 4) is 11.1 Å². The zero-order chi connectivity index (χ0) is 25.3. The molecule has 1 fully saturated rings. The largest absolute Gasteiger partial charge is 0.416 e. The predicted molar refractivity (Wildman–Crippen MR) is 124 cm³/mol. The van der Waals surface area contributed by atoms with Gasteiger partial charge in [-0.1, -0.05) is 60.1 Å². The maximum atomic E-state index is 12.8. The molecule has 3 aromatic rings. The van der Waals surface area contributed by atoms with Crippen LogP contribution in [0.5, 0.6) is 0 Å². The van der Waals surface area contributed by atoms with Crippen LogP contribution in [0.1, 0.15) is 28.4 Å². The molecule has 186 valence electrons. The minimum Gasteiger partial charge on any atom is -0.394 e. The maximum Gasteiger partial charge on any atom is 0.416 e. The van der Waals surface area contributed by atoms with Gasteiger partial charge >= 0.3 is 6.18 Å². The van der Waals surface area contributed by atoms with E-state index < -0.39 is 48.9 Å². The fraction of sp³-hybridized carbons (Fsp3) is 0.308. The van der Waals surface area contributed by atoms with Crippen LogP contribution in [0.3, 0.4) is 0 Å². The molecule has 0 radical (unpaired) electrons. The van der Waals surface area contributed by atoms with Crippen LogP contribution in [0.15, 0.2) is 66.7 Å². The SMILES string of the molecule is OC[C@H]1O[C@@H](c2ccc(Cl)c(Cc3ccc(-c4ccc(C(F)(F)F)cc4)cc3)c2)[C@H](O)[C@@H](O)[C@@H]1O. The van der Waals surface area contributed by atoms with Gasteiger partial charge in [0.15, 0.2) is 0 Å². The molecular weight excluding hydrogens is 485 g/mol. The topological polar surface area (TPSA) is 90.2 Å². The van der Waals surface area contributed by atoms with Gasteiger partial charge in [0.1, 0.15) is 30.5 Å². The quantitative estimate of drug-likeness (QED) is 0.416. The molecule has 4 N–H and O–H groups in total. The smallest absolute Gasteiger partial charge is 0.394 e. The Morgan fingerprint density at radius 1 is 0.800 bits per heavy atom. The highest BCUT2D eigenvalue weighted by Gasteiger charge is 2.44. The summed E-state index contributed by atoms with van der Waals surface area (Å²) in [5, 5.41) is 40.4. The van der Waals surface area contributed by atoms with Crippen LogP contribution < -0.4 is 0 Å². The average molecular weight is 509 g/mol. The molecule has 5 nitrogen and oxygen atoms in total. The van der Waals surface area contributed by atoms with Crippen LogP contribution in [-0.2, 0) is 17.3 Å². The number of alkyl halides is 3. The van der Waals surface area contributed by atoms with Gasteiger partial charge in [-0.3, -0.25) is 0 Å². The molecule has 35 heavy (non-hydrogen) atoms. The van der Waals surface area contributed by atoms with Crippen molar-refractivity contribution in [3.63, 3.8) is 0 Å². The van der Waals surface area contributed by atoms with Crippen LogP contribution in [0.2, 0.25) is 5.02 Å². The third-order valence-corrected chi connectivity index (χ3v) is 6.55. The average Bonchev–Trinajstić information content (AvgIpc) is 2.84. The molecule has 1 saturated heterocycles. The molecule has 5 atom stereocenters. The number of rotatable bonds is 5. The maximum absolute atomic E-state index is 12.8. The summed E-state index contributed by atoms with van der Waals surface area (Å²) >= 11 is 6.38. The minimum atomic E-state index is -4.38. The first-order chi connectivity index (χ1) is 16.6. The number of benzene rings is 3. The third kappa shape index (κ3) is 5.53. The Hall–Kier alpha value is -2.46. The number of halogens is 4. The molecule has 0 spiro atoms. The predicted octanol–water partition coefficient (Wildman–Crippen LogP) is 4.13. The first-order valence-corrected chi connectivity index (χ1v) is 11.3. The van der Waals surface area contributed by atoms with Crippen molar-refractivity contribution in [3.05, 3.63) is 94.0 Å². The molecule has 1 aliphatic rings. The summed E-state index contributed by atoms with van der Waals surface area (Å²) < 4.78 is 44.0. The highest BCUT2D eigenvalue weighted by Crippen LogP contribution is 2.35.